The second-order valence-electron chi connectivity index (χ2n) is 6.43. The average molecular weight is 338 g/mol. The Morgan fingerprint density at radius 3 is 2.64 bits per heavy atom. The molecule has 5 nitrogen and oxygen atoms in total. The topological polar surface area (TPSA) is 57.3 Å². The lowest BCUT2D eigenvalue weighted by molar-refractivity contribution is 0.0930. The number of likely N-dealkylation sites (N-methyl/N-ethyl adjacent to an activating group) is 1. The van der Waals surface area contributed by atoms with Crippen molar-refractivity contribution in [2.75, 3.05) is 31.6 Å². The summed E-state index contributed by atoms with van der Waals surface area (Å²) in [5.74, 6) is 1.06. The van der Waals surface area contributed by atoms with Crippen molar-refractivity contribution in [1.29, 1.82) is 0 Å². The summed E-state index contributed by atoms with van der Waals surface area (Å²) in [4.78, 5) is 19.4. The molecule has 0 radical (unpaired) electrons. The molecule has 3 rings (SSSR count). The molecule has 0 spiro atoms. The minimum absolute atomic E-state index is 0.0444. The van der Waals surface area contributed by atoms with Gasteiger partial charge in [0.25, 0.3) is 5.91 Å². The molecule has 5 heteroatoms. The van der Waals surface area contributed by atoms with Gasteiger partial charge in [0.1, 0.15) is 5.82 Å². The second-order valence-corrected chi connectivity index (χ2v) is 6.43. The van der Waals surface area contributed by atoms with E-state index in [1.54, 1.807) is 0 Å². The van der Waals surface area contributed by atoms with Gasteiger partial charge in [-0.25, -0.2) is 4.98 Å². The maximum Gasteiger partial charge on any atom is 0.251 e. The van der Waals surface area contributed by atoms with Crippen LogP contribution in [-0.2, 0) is 6.42 Å². The third kappa shape index (κ3) is 4.57. The number of rotatable bonds is 6. The number of anilines is 1. The molecular formula is C20H26N4O. The molecule has 0 unspecified atom stereocenters. The van der Waals surface area contributed by atoms with Crippen molar-refractivity contribution >= 4 is 11.7 Å². The largest absolute Gasteiger partial charge is 0.356 e. The van der Waals surface area contributed by atoms with Crippen molar-refractivity contribution in [3.05, 3.63) is 59.8 Å². The first-order valence-electron chi connectivity index (χ1n) is 8.97. The molecule has 2 heterocycles. The Morgan fingerprint density at radius 1 is 1.16 bits per heavy atom. The molecule has 0 bridgehead atoms. The number of amides is 1. The van der Waals surface area contributed by atoms with Crippen molar-refractivity contribution in [2.24, 2.45) is 0 Å². The molecule has 1 aromatic carbocycles. The lowest BCUT2D eigenvalue weighted by Crippen LogP contribution is -2.45. The number of nitrogens with zero attached hydrogens (tertiary/aromatic N) is 2. The molecule has 0 atom stereocenters. The van der Waals surface area contributed by atoms with Crippen LogP contribution in [0.5, 0.6) is 0 Å². The Labute approximate surface area is 149 Å². The lowest BCUT2D eigenvalue weighted by Gasteiger charge is -2.33. The van der Waals surface area contributed by atoms with Crippen LogP contribution in [0.1, 0.15) is 28.8 Å². The van der Waals surface area contributed by atoms with E-state index in [1.165, 1.54) is 0 Å². The maximum absolute atomic E-state index is 12.7. The van der Waals surface area contributed by atoms with Crippen molar-refractivity contribution < 1.29 is 4.79 Å². The number of aromatic nitrogens is 1. The molecule has 1 aliphatic rings. The van der Waals surface area contributed by atoms with Gasteiger partial charge in [0.05, 0.1) is 0 Å². The summed E-state index contributed by atoms with van der Waals surface area (Å²) in [6.07, 6.45) is 4.57. The zero-order valence-electron chi connectivity index (χ0n) is 14.7. The zero-order chi connectivity index (χ0) is 17.5. The van der Waals surface area contributed by atoms with Crippen LogP contribution in [-0.4, -0.2) is 43.6 Å². The summed E-state index contributed by atoms with van der Waals surface area (Å²) in [5.41, 5.74) is 1.89. The van der Waals surface area contributed by atoms with Gasteiger partial charge in [0.15, 0.2) is 0 Å². The minimum Gasteiger partial charge on any atom is -0.356 e. The Morgan fingerprint density at radius 2 is 1.92 bits per heavy atom. The van der Waals surface area contributed by atoms with Crippen LogP contribution in [0.15, 0.2) is 48.7 Å². The van der Waals surface area contributed by atoms with E-state index in [1.807, 2.05) is 55.7 Å². The second kappa shape index (κ2) is 8.62. The molecule has 2 N–H and O–H groups in total. The number of hydrogen-bond donors (Lipinski definition) is 2. The fourth-order valence-corrected chi connectivity index (χ4v) is 3.28. The van der Waals surface area contributed by atoms with Gasteiger partial charge in [-0.05, 0) is 56.6 Å². The molecule has 1 amide bonds. The average Bonchev–Trinajstić information content (AvgIpc) is 2.68. The molecule has 132 valence electrons. The van der Waals surface area contributed by atoms with E-state index < -0.39 is 0 Å². The van der Waals surface area contributed by atoms with Crippen LogP contribution in [0.2, 0.25) is 0 Å². The minimum atomic E-state index is 0.0444. The van der Waals surface area contributed by atoms with E-state index in [-0.39, 0.29) is 11.9 Å². The van der Waals surface area contributed by atoms with Crippen LogP contribution in [0.4, 0.5) is 5.82 Å². The van der Waals surface area contributed by atoms with Crippen molar-refractivity contribution in [2.45, 2.75) is 25.3 Å². The van der Waals surface area contributed by atoms with Gasteiger partial charge in [-0.15, -0.1) is 0 Å². The lowest BCUT2D eigenvalue weighted by atomic mass is 10.0. The fourth-order valence-electron chi connectivity index (χ4n) is 3.28. The van der Waals surface area contributed by atoms with Gasteiger partial charge in [-0.2, -0.15) is 0 Å². The highest BCUT2D eigenvalue weighted by Gasteiger charge is 2.22. The number of benzene rings is 1. The van der Waals surface area contributed by atoms with Crippen LogP contribution in [0, 0.1) is 0 Å². The first kappa shape index (κ1) is 17.4. The number of nitrogens with one attached hydrogen (secondary N) is 2. The van der Waals surface area contributed by atoms with E-state index in [9.17, 15) is 4.79 Å². The van der Waals surface area contributed by atoms with Gasteiger partial charge in [0, 0.05) is 30.9 Å². The van der Waals surface area contributed by atoms with Crippen LogP contribution in [0.25, 0.3) is 0 Å². The summed E-state index contributed by atoms with van der Waals surface area (Å²) >= 11 is 0. The summed E-state index contributed by atoms with van der Waals surface area (Å²) in [6, 6.07) is 14.1. The molecule has 1 aliphatic heterocycles. The van der Waals surface area contributed by atoms with Crippen LogP contribution < -0.4 is 15.5 Å². The first-order valence-corrected chi connectivity index (χ1v) is 8.97. The highest BCUT2D eigenvalue weighted by molar-refractivity contribution is 5.95. The molecule has 25 heavy (non-hydrogen) atoms. The summed E-state index contributed by atoms with van der Waals surface area (Å²) in [6.45, 7) is 2.71. The van der Waals surface area contributed by atoms with E-state index >= 15 is 0 Å². The molecule has 1 aromatic heterocycles. The monoisotopic (exact) mass is 338 g/mol. The number of piperidine rings is 1. The third-order valence-electron chi connectivity index (χ3n) is 4.71. The fraction of sp³-hybridized carbons (Fsp3) is 0.400. The molecule has 1 fully saturated rings. The summed E-state index contributed by atoms with van der Waals surface area (Å²) in [7, 11) is 1.93. The smallest absolute Gasteiger partial charge is 0.251 e. The Bertz CT molecular complexity index is 681. The van der Waals surface area contributed by atoms with E-state index in [0.29, 0.717) is 0 Å². The van der Waals surface area contributed by atoms with Crippen molar-refractivity contribution in [1.82, 2.24) is 15.6 Å². The Balaban J connectivity index is 1.56. The number of hydrogen-bond acceptors (Lipinski definition) is 4. The predicted octanol–water partition coefficient (Wildman–Crippen LogP) is 2.24. The van der Waals surface area contributed by atoms with Crippen molar-refractivity contribution in [3.63, 3.8) is 0 Å². The first-order chi connectivity index (χ1) is 12.3. The molecule has 0 aliphatic carbocycles. The standard InChI is InChI=1S/C20H26N4O/c1-21-13-9-16-6-2-3-7-18(16)20(25)23-17-10-14-24(15-11-17)19-8-4-5-12-22-19/h2-8,12,17,21H,9-11,13-15H2,1H3,(H,23,25). The summed E-state index contributed by atoms with van der Waals surface area (Å²) < 4.78 is 0. The highest BCUT2D eigenvalue weighted by atomic mass is 16.1. The van der Waals surface area contributed by atoms with Gasteiger partial charge in [-0.1, -0.05) is 24.3 Å². The van der Waals surface area contributed by atoms with Gasteiger partial charge >= 0.3 is 0 Å². The number of carbonyl (C=O) groups is 1. The van der Waals surface area contributed by atoms with E-state index in [2.05, 4.69) is 20.5 Å². The van der Waals surface area contributed by atoms with E-state index in [4.69, 9.17) is 0 Å². The quantitative estimate of drug-likeness (QED) is 0.848. The van der Waals surface area contributed by atoms with Crippen LogP contribution in [0.3, 0.4) is 0 Å². The van der Waals surface area contributed by atoms with E-state index in [0.717, 1.165) is 55.8 Å². The Kier molecular flexibility index (Phi) is 6.01. The normalized spacial score (nSPS) is 15.2. The van der Waals surface area contributed by atoms with Crippen molar-refractivity contribution in [3.8, 4) is 0 Å². The maximum atomic E-state index is 12.7. The summed E-state index contributed by atoms with van der Waals surface area (Å²) in [5, 5.41) is 6.36. The van der Waals surface area contributed by atoms with Gasteiger partial charge in [-0.3, -0.25) is 4.79 Å². The van der Waals surface area contributed by atoms with Gasteiger partial charge < -0.3 is 15.5 Å². The molecular weight excluding hydrogens is 312 g/mol. The third-order valence-corrected chi connectivity index (χ3v) is 4.71. The zero-order valence-corrected chi connectivity index (χ0v) is 14.7. The Hall–Kier alpha value is -2.40. The van der Waals surface area contributed by atoms with Gasteiger partial charge in [0.2, 0.25) is 0 Å². The number of carbonyl (C=O) groups excluding carboxylic acids is 1. The highest BCUT2D eigenvalue weighted by Crippen LogP contribution is 2.18. The van der Waals surface area contributed by atoms with Crippen LogP contribution >= 0.6 is 0 Å². The molecule has 1 saturated heterocycles. The predicted molar refractivity (Wildman–Crippen MR) is 101 cm³/mol. The molecule has 2 aromatic rings. The number of pyridine rings is 1. The molecule has 0 saturated carbocycles. The SMILES string of the molecule is CNCCc1ccccc1C(=O)NC1CCN(c2ccccn2)CC1.